The Kier molecular flexibility index (Phi) is 5.75. The average Bonchev–Trinajstić information content (AvgIpc) is 2.54. The minimum Gasteiger partial charge on any atom is -0.394 e. The van der Waals surface area contributed by atoms with Crippen LogP contribution in [0.15, 0.2) is 30.3 Å². The van der Waals surface area contributed by atoms with Gasteiger partial charge < -0.3 is 15.7 Å². The summed E-state index contributed by atoms with van der Waals surface area (Å²) in [6, 6.07) is 7.92. The Bertz CT molecular complexity index is 470. The van der Waals surface area contributed by atoms with Gasteiger partial charge >= 0.3 is 0 Å². The third-order valence-electron chi connectivity index (χ3n) is 3.79. The third-order valence-corrected chi connectivity index (χ3v) is 3.79. The molecule has 1 aromatic carbocycles. The minimum absolute atomic E-state index is 0.161. The summed E-state index contributed by atoms with van der Waals surface area (Å²) in [5, 5.41) is 14.8. The number of amides is 2. The fourth-order valence-electron chi connectivity index (χ4n) is 2.57. The van der Waals surface area contributed by atoms with Gasteiger partial charge in [-0.3, -0.25) is 9.59 Å². The van der Waals surface area contributed by atoms with Gasteiger partial charge in [0.15, 0.2) is 0 Å². The summed E-state index contributed by atoms with van der Waals surface area (Å²) in [6.07, 6.45) is 5.38. The molecule has 5 heteroatoms. The molecule has 21 heavy (non-hydrogen) atoms. The van der Waals surface area contributed by atoms with Crippen molar-refractivity contribution < 1.29 is 14.7 Å². The Morgan fingerprint density at radius 3 is 2.43 bits per heavy atom. The second-order valence-electron chi connectivity index (χ2n) is 5.42. The van der Waals surface area contributed by atoms with Crippen LogP contribution in [0.25, 0.3) is 0 Å². The molecule has 0 spiro atoms. The van der Waals surface area contributed by atoms with Gasteiger partial charge in [-0.25, -0.2) is 0 Å². The highest BCUT2D eigenvalue weighted by atomic mass is 16.3. The number of hydrogen-bond donors (Lipinski definition) is 3. The number of carbonyl (C=O) groups excluding carboxylic acids is 2. The van der Waals surface area contributed by atoms with E-state index in [2.05, 4.69) is 10.6 Å². The highest BCUT2D eigenvalue weighted by Crippen LogP contribution is 2.17. The Morgan fingerprint density at radius 1 is 1.14 bits per heavy atom. The molecule has 1 fully saturated rings. The van der Waals surface area contributed by atoms with Crippen LogP contribution in [0.5, 0.6) is 0 Å². The van der Waals surface area contributed by atoms with Crippen LogP contribution in [0.1, 0.15) is 42.5 Å². The van der Waals surface area contributed by atoms with Gasteiger partial charge in [-0.2, -0.15) is 0 Å². The van der Waals surface area contributed by atoms with Crippen molar-refractivity contribution in [3.05, 3.63) is 35.9 Å². The SMILES string of the molecule is O=C(NC(CO)C(=O)NC1CCCCC1)c1ccccc1. The smallest absolute Gasteiger partial charge is 0.251 e. The molecule has 3 N–H and O–H groups in total. The molecular formula is C16H22N2O3. The number of rotatable bonds is 5. The Balaban J connectivity index is 1.89. The second kappa shape index (κ2) is 7.78. The summed E-state index contributed by atoms with van der Waals surface area (Å²) in [5.41, 5.74) is 0.474. The molecule has 0 aliphatic heterocycles. The van der Waals surface area contributed by atoms with Crippen LogP contribution in [0, 0.1) is 0 Å². The first-order valence-electron chi connectivity index (χ1n) is 7.48. The van der Waals surface area contributed by atoms with Crippen molar-refractivity contribution in [2.75, 3.05) is 6.61 Å². The zero-order valence-electron chi connectivity index (χ0n) is 12.0. The monoisotopic (exact) mass is 290 g/mol. The third kappa shape index (κ3) is 4.56. The van der Waals surface area contributed by atoms with Gasteiger partial charge in [0.1, 0.15) is 6.04 Å². The largest absolute Gasteiger partial charge is 0.394 e. The average molecular weight is 290 g/mol. The molecule has 0 heterocycles. The Hall–Kier alpha value is -1.88. The highest BCUT2D eigenvalue weighted by molar-refractivity contribution is 5.97. The van der Waals surface area contributed by atoms with E-state index in [0.717, 1.165) is 25.7 Å². The predicted octanol–water partition coefficient (Wildman–Crippen LogP) is 1.23. The summed E-state index contributed by atoms with van der Waals surface area (Å²) < 4.78 is 0. The summed E-state index contributed by atoms with van der Waals surface area (Å²) >= 11 is 0. The van der Waals surface area contributed by atoms with E-state index in [1.54, 1.807) is 24.3 Å². The molecule has 5 nitrogen and oxygen atoms in total. The highest BCUT2D eigenvalue weighted by Gasteiger charge is 2.23. The van der Waals surface area contributed by atoms with E-state index in [9.17, 15) is 14.7 Å². The van der Waals surface area contributed by atoms with Gasteiger partial charge in [-0.1, -0.05) is 37.5 Å². The number of aliphatic hydroxyl groups excluding tert-OH is 1. The summed E-state index contributed by atoms with van der Waals surface area (Å²) in [5.74, 6) is -0.665. The first-order valence-corrected chi connectivity index (χ1v) is 7.48. The fourth-order valence-corrected chi connectivity index (χ4v) is 2.57. The molecule has 0 aromatic heterocycles. The van der Waals surface area contributed by atoms with Crippen LogP contribution in [0.2, 0.25) is 0 Å². The van der Waals surface area contributed by atoms with Gasteiger partial charge in [0.05, 0.1) is 6.61 Å². The van der Waals surface area contributed by atoms with Crippen LogP contribution in [-0.2, 0) is 4.79 Å². The number of hydrogen-bond acceptors (Lipinski definition) is 3. The zero-order chi connectivity index (χ0) is 15.1. The van der Waals surface area contributed by atoms with Crippen molar-refractivity contribution >= 4 is 11.8 Å². The summed E-state index contributed by atoms with van der Waals surface area (Å²) in [7, 11) is 0. The van der Waals surface area contributed by atoms with E-state index >= 15 is 0 Å². The van der Waals surface area contributed by atoms with Crippen molar-refractivity contribution in [2.45, 2.75) is 44.2 Å². The quantitative estimate of drug-likeness (QED) is 0.763. The van der Waals surface area contributed by atoms with E-state index in [1.165, 1.54) is 6.42 Å². The number of nitrogens with one attached hydrogen (secondary N) is 2. The standard InChI is InChI=1S/C16H22N2O3/c19-11-14(16(21)17-13-9-5-2-6-10-13)18-15(20)12-7-3-1-4-8-12/h1,3-4,7-8,13-14,19H,2,5-6,9-11H2,(H,17,21)(H,18,20). The lowest BCUT2D eigenvalue weighted by atomic mass is 9.95. The van der Waals surface area contributed by atoms with Crippen LogP contribution in [0.4, 0.5) is 0 Å². The first kappa shape index (κ1) is 15.5. The van der Waals surface area contributed by atoms with Gasteiger partial charge in [0, 0.05) is 11.6 Å². The Morgan fingerprint density at radius 2 is 1.81 bits per heavy atom. The lowest BCUT2D eigenvalue weighted by molar-refractivity contribution is -0.124. The van der Waals surface area contributed by atoms with Crippen LogP contribution < -0.4 is 10.6 Å². The van der Waals surface area contributed by atoms with Gasteiger partial charge in [0.25, 0.3) is 5.91 Å². The fraction of sp³-hybridized carbons (Fsp3) is 0.500. The van der Waals surface area contributed by atoms with Crippen molar-refractivity contribution in [1.29, 1.82) is 0 Å². The van der Waals surface area contributed by atoms with Crippen molar-refractivity contribution in [3.63, 3.8) is 0 Å². The predicted molar refractivity (Wildman–Crippen MR) is 79.8 cm³/mol. The van der Waals surface area contributed by atoms with Crippen molar-refractivity contribution in [1.82, 2.24) is 10.6 Å². The minimum atomic E-state index is -0.903. The normalized spacial score (nSPS) is 17.0. The molecule has 0 saturated heterocycles. The van der Waals surface area contributed by atoms with Gasteiger partial charge in [0.2, 0.25) is 5.91 Å². The topological polar surface area (TPSA) is 78.4 Å². The molecule has 2 amide bonds. The van der Waals surface area contributed by atoms with E-state index < -0.39 is 12.6 Å². The lowest BCUT2D eigenvalue weighted by Crippen LogP contribution is -2.51. The molecule has 1 aliphatic carbocycles. The molecule has 1 saturated carbocycles. The maximum atomic E-state index is 12.1. The van der Waals surface area contributed by atoms with E-state index in [1.807, 2.05) is 6.07 Å². The van der Waals surface area contributed by atoms with E-state index in [0.29, 0.717) is 5.56 Å². The van der Waals surface area contributed by atoms with Crippen molar-refractivity contribution in [2.24, 2.45) is 0 Å². The first-order chi connectivity index (χ1) is 10.2. The molecule has 114 valence electrons. The maximum absolute atomic E-state index is 12.1. The zero-order valence-corrected chi connectivity index (χ0v) is 12.0. The van der Waals surface area contributed by atoms with E-state index in [-0.39, 0.29) is 17.9 Å². The molecule has 2 rings (SSSR count). The molecule has 1 aromatic rings. The summed E-state index contributed by atoms with van der Waals surface area (Å²) in [4.78, 5) is 24.1. The summed E-state index contributed by atoms with van der Waals surface area (Å²) in [6.45, 7) is -0.406. The molecule has 1 atom stereocenters. The number of aliphatic hydroxyl groups is 1. The maximum Gasteiger partial charge on any atom is 0.251 e. The molecule has 1 unspecified atom stereocenters. The van der Waals surface area contributed by atoms with Gasteiger partial charge in [-0.05, 0) is 25.0 Å². The molecule has 0 radical (unpaired) electrons. The lowest BCUT2D eigenvalue weighted by Gasteiger charge is -2.25. The van der Waals surface area contributed by atoms with Crippen LogP contribution in [0.3, 0.4) is 0 Å². The van der Waals surface area contributed by atoms with Crippen LogP contribution in [-0.4, -0.2) is 35.6 Å². The second-order valence-corrected chi connectivity index (χ2v) is 5.42. The van der Waals surface area contributed by atoms with Crippen molar-refractivity contribution in [3.8, 4) is 0 Å². The van der Waals surface area contributed by atoms with E-state index in [4.69, 9.17) is 0 Å². The Labute approximate surface area is 124 Å². The van der Waals surface area contributed by atoms with Gasteiger partial charge in [-0.15, -0.1) is 0 Å². The number of benzene rings is 1. The molecular weight excluding hydrogens is 268 g/mol. The number of carbonyl (C=O) groups is 2. The van der Waals surface area contributed by atoms with Crippen LogP contribution >= 0.6 is 0 Å². The molecule has 0 bridgehead atoms. The molecule has 1 aliphatic rings.